The van der Waals surface area contributed by atoms with E-state index in [1.165, 1.54) is 30.3 Å². The Balaban J connectivity index is 2.11. The summed E-state index contributed by atoms with van der Waals surface area (Å²) in [6.45, 7) is 0. The molecular weight excluding hydrogens is 238 g/mol. The van der Waals surface area contributed by atoms with Gasteiger partial charge in [0.15, 0.2) is 5.82 Å². The van der Waals surface area contributed by atoms with E-state index in [1.54, 1.807) is 0 Å². The third kappa shape index (κ3) is 2.46. The van der Waals surface area contributed by atoms with E-state index < -0.39 is 11.9 Å². The summed E-state index contributed by atoms with van der Waals surface area (Å²) in [6.07, 6.45) is 0. The molecule has 1 aromatic heterocycles. The topological polar surface area (TPSA) is 115 Å². The van der Waals surface area contributed by atoms with Gasteiger partial charge in [-0.3, -0.25) is 9.89 Å². The zero-order valence-electron chi connectivity index (χ0n) is 9.04. The second kappa shape index (κ2) is 4.58. The number of benzene rings is 1. The van der Waals surface area contributed by atoms with Crippen LogP contribution in [0.5, 0.6) is 5.75 Å². The number of anilines is 1. The molecule has 0 radical (unpaired) electrons. The molecule has 1 aromatic carbocycles. The molecule has 92 valence electrons. The largest absolute Gasteiger partial charge is 0.508 e. The molecule has 7 nitrogen and oxygen atoms in total. The monoisotopic (exact) mass is 247 g/mol. The van der Waals surface area contributed by atoms with Crippen LogP contribution in [0.25, 0.3) is 0 Å². The van der Waals surface area contributed by atoms with Gasteiger partial charge in [-0.2, -0.15) is 5.10 Å². The highest BCUT2D eigenvalue weighted by Crippen LogP contribution is 2.12. The van der Waals surface area contributed by atoms with Gasteiger partial charge in [-0.25, -0.2) is 4.79 Å². The molecule has 18 heavy (non-hydrogen) atoms. The van der Waals surface area contributed by atoms with E-state index in [4.69, 9.17) is 10.2 Å². The van der Waals surface area contributed by atoms with Crippen LogP contribution in [0.15, 0.2) is 30.3 Å². The first-order valence-electron chi connectivity index (χ1n) is 4.95. The van der Waals surface area contributed by atoms with Crippen LogP contribution in [0.3, 0.4) is 0 Å². The van der Waals surface area contributed by atoms with E-state index in [0.717, 1.165) is 0 Å². The number of H-pyrrole nitrogens is 1. The summed E-state index contributed by atoms with van der Waals surface area (Å²) < 4.78 is 0. The number of rotatable bonds is 3. The van der Waals surface area contributed by atoms with E-state index in [2.05, 4.69) is 15.5 Å². The Kier molecular flexibility index (Phi) is 2.96. The van der Waals surface area contributed by atoms with E-state index >= 15 is 0 Å². The molecule has 0 bridgehead atoms. The van der Waals surface area contributed by atoms with E-state index in [9.17, 15) is 9.59 Å². The number of aromatic hydroxyl groups is 1. The van der Waals surface area contributed by atoms with Gasteiger partial charge in [0, 0.05) is 11.6 Å². The Hall–Kier alpha value is -2.83. The molecule has 1 amide bonds. The number of aromatic nitrogens is 2. The van der Waals surface area contributed by atoms with Crippen molar-refractivity contribution < 1.29 is 19.8 Å². The van der Waals surface area contributed by atoms with Crippen LogP contribution in [-0.4, -0.2) is 32.3 Å². The minimum Gasteiger partial charge on any atom is -0.508 e. The number of phenolic OH excluding ortho intramolecular Hbond substituents is 1. The highest BCUT2D eigenvalue weighted by molar-refractivity contribution is 6.04. The molecule has 0 saturated carbocycles. The van der Waals surface area contributed by atoms with Crippen molar-refractivity contribution >= 4 is 17.7 Å². The van der Waals surface area contributed by atoms with Crippen LogP contribution in [0.1, 0.15) is 20.8 Å². The minimum atomic E-state index is -1.16. The lowest BCUT2D eigenvalue weighted by Gasteiger charge is -2.01. The average Bonchev–Trinajstić information content (AvgIpc) is 2.78. The second-order valence-electron chi connectivity index (χ2n) is 3.47. The number of amides is 1. The second-order valence-corrected chi connectivity index (χ2v) is 3.47. The van der Waals surface area contributed by atoms with Crippen molar-refractivity contribution in [3.8, 4) is 5.75 Å². The van der Waals surface area contributed by atoms with Crippen molar-refractivity contribution in [1.82, 2.24) is 10.2 Å². The maximum atomic E-state index is 11.7. The summed E-state index contributed by atoms with van der Waals surface area (Å²) in [5.41, 5.74) is 0.212. The molecule has 0 saturated heterocycles. The van der Waals surface area contributed by atoms with Crippen LogP contribution in [-0.2, 0) is 0 Å². The van der Waals surface area contributed by atoms with Gasteiger partial charge in [0.25, 0.3) is 5.91 Å². The van der Waals surface area contributed by atoms with Gasteiger partial charge in [0.1, 0.15) is 11.4 Å². The summed E-state index contributed by atoms with van der Waals surface area (Å²) in [7, 11) is 0. The molecule has 0 fully saturated rings. The van der Waals surface area contributed by atoms with Gasteiger partial charge in [0.05, 0.1) is 0 Å². The maximum Gasteiger partial charge on any atom is 0.353 e. The van der Waals surface area contributed by atoms with Crippen LogP contribution in [0.2, 0.25) is 0 Å². The van der Waals surface area contributed by atoms with Gasteiger partial charge in [-0.1, -0.05) is 0 Å². The molecule has 4 N–H and O–H groups in total. The molecule has 2 aromatic rings. The molecule has 1 heterocycles. The SMILES string of the molecule is O=C(Nc1cc(C(=O)O)[nH]n1)c1ccc(O)cc1. The predicted molar refractivity (Wildman–Crippen MR) is 61.6 cm³/mol. The highest BCUT2D eigenvalue weighted by Gasteiger charge is 2.11. The first-order chi connectivity index (χ1) is 8.56. The smallest absolute Gasteiger partial charge is 0.353 e. The molecule has 0 aliphatic rings. The molecule has 7 heteroatoms. The molecule has 0 unspecified atom stereocenters. The van der Waals surface area contributed by atoms with E-state index in [0.29, 0.717) is 5.56 Å². The number of nitrogens with one attached hydrogen (secondary N) is 2. The summed E-state index contributed by atoms with van der Waals surface area (Å²) in [5.74, 6) is -1.43. The Morgan fingerprint density at radius 2 is 1.89 bits per heavy atom. The number of phenols is 1. The van der Waals surface area contributed by atoms with Crippen LogP contribution in [0.4, 0.5) is 5.82 Å². The number of carboxylic acids is 1. The number of hydrogen-bond donors (Lipinski definition) is 4. The van der Waals surface area contributed by atoms with Gasteiger partial charge in [-0.05, 0) is 24.3 Å². The maximum absolute atomic E-state index is 11.7. The number of aromatic carboxylic acids is 1. The molecular formula is C11H9N3O4. The number of carbonyl (C=O) groups excluding carboxylic acids is 1. The van der Waals surface area contributed by atoms with Crippen molar-refractivity contribution in [1.29, 1.82) is 0 Å². The first-order valence-corrected chi connectivity index (χ1v) is 4.95. The van der Waals surface area contributed by atoms with Gasteiger partial charge >= 0.3 is 5.97 Å². The lowest BCUT2D eigenvalue weighted by molar-refractivity contribution is 0.0690. The highest BCUT2D eigenvalue weighted by atomic mass is 16.4. The van der Waals surface area contributed by atoms with Gasteiger partial charge in [0.2, 0.25) is 0 Å². The lowest BCUT2D eigenvalue weighted by atomic mass is 10.2. The molecule has 0 aliphatic carbocycles. The fourth-order valence-corrected chi connectivity index (χ4v) is 1.30. The van der Waals surface area contributed by atoms with E-state index in [-0.39, 0.29) is 17.3 Å². The Morgan fingerprint density at radius 3 is 2.44 bits per heavy atom. The quantitative estimate of drug-likeness (QED) is 0.647. The van der Waals surface area contributed by atoms with Gasteiger partial charge in [-0.15, -0.1) is 0 Å². The zero-order valence-corrected chi connectivity index (χ0v) is 9.04. The predicted octanol–water partition coefficient (Wildman–Crippen LogP) is 1.07. The number of nitrogens with zero attached hydrogens (tertiary/aromatic N) is 1. The Bertz CT molecular complexity index is 589. The fourth-order valence-electron chi connectivity index (χ4n) is 1.30. The Labute approximate surface area is 101 Å². The molecule has 2 rings (SSSR count). The molecule has 0 atom stereocenters. The summed E-state index contributed by atoms with van der Waals surface area (Å²) >= 11 is 0. The van der Waals surface area contributed by atoms with Crippen molar-refractivity contribution in [2.45, 2.75) is 0 Å². The zero-order chi connectivity index (χ0) is 13.1. The average molecular weight is 247 g/mol. The van der Waals surface area contributed by atoms with E-state index in [1.807, 2.05) is 0 Å². The van der Waals surface area contributed by atoms with Crippen molar-refractivity contribution in [2.24, 2.45) is 0 Å². The van der Waals surface area contributed by atoms with Crippen LogP contribution >= 0.6 is 0 Å². The van der Waals surface area contributed by atoms with Crippen LogP contribution < -0.4 is 5.32 Å². The van der Waals surface area contributed by atoms with Crippen molar-refractivity contribution in [3.63, 3.8) is 0 Å². The summed E-state index contributed by atoms with van der Waals surface area (Å²) in [5, 5.41) is 26.1. The number of carboxylic acid groups (broad SMARTS) is 1. The molecule has 0 spiro atoms. The first kappa shape index (κ1) is 11.6. The molecule has 0 aliphatic heterocycles. The fraction of sp³-hybridized carbons (Fsp3) is 0. The number of carbonyl (C=O) groups is 2. The van der Waals surface area contributed by atoms with Crippen LogP contribution in [0, 0.1) is 0 Å². The van der Waals surface area contributed by atoms with Crippen molar-refractivity contribution in [3.05, 3.63) is 41.6 Å². The van der Waals surface area contributed by atoms with Gasteiger partial charge < -0.3 is 15.5 Å². The summed E-state index contributed by atoms with van der Waals surface area (Å²) in [4.78, 5) is 22.3. The standard InChI is InChI=1S/C11H9N3O4/c15-7-3-1-6(2-4-7)10(16)12-9-5-8(11(17)18)13-14-9/h1-5,15H,(H,17,18)(H2,12,13,14,16). The lowest BCUT2D eigenvalue weighted by Crippen LogP contribution is -2.11. The number of hydrogen-bond acceptors (Lipinski definition) is 4. The minimum absolute atomic E-state index is 0.0551. The normalized spacial score (nSPS) is 10.0. The third-order valence-electron chi connectivity index (χ3n) is 2.18. The Morgan fingerprint density at radius 1 is 1.22 bits per heavy atom. The summed E-state index contributed by atoms with van der Waals surface area (Å²) in [6, 6.07) is 6.84. The number of aromatic amines is 1. The van der Waals surface area contributed by atoms with Crippen molar-refractivity contribution in [2.75, 3.05) is 5.32 Å². The third-order valence-corrected chi connectivity index (χ3v) is 2.18.